The molecule has 1 aromatic heterocycles. The van der Waals surface area contributed by atoms with E-state index in [2.05, 4.69) is 36.7 Å². The molecule has 4 nitrogen and oxygen atoms in total. The van der Waals surface area contributed by atoms with Crippen LogP contribution in [0.2, 0.25) is 0 Å². The molecule has 106 valence electrons. The van der Waals surface area contributed by atoms with Crippen molar-refractivity contribution in [1.82, 2.24) is 9.97 Å². The quantitative estimate of drug-likeness (QED) is 0.840. The summed E-state index contributed by atoms with van der Waals surface area (Å²) >= 11 is 0. The minimum Gasteiger partial charge on any atom is -0.379 e. The topological polar surface area (TPSA) is 38.2 Å². The van der Waals surface area contributed by atoms with Crippen LogP contribution in [0.4, 0.5) is 5.82 Å². The summed E-state index contributed by atoms with van der Waals surface area (Å²) in [6.07, 6.45) is 1.45. The third-order valence-electron chi connectivity index (χ3n) is 3.89. The van der Waals surface area contributed by atoms with Gasteiger partial charge < -0.3 is 9.64 Å². The first-order valence-electron chi connectivity index (χ1n) is 7.14. The van der Waals surface area contributed by atoms with Crippen LogP contribution in [0.25, 0.3) is 0 Å². The fourth-order valence-corrected chi connectivity index (χ4v) is 2.54. The second-order valence-corrected chi connectivity index (χ2v) is 5.87. The van der Waals surface area contributed by atoms with Gasteiger partial charge in [0.15, 0.2) is 0 Å². The number of aromatic nitrogens is 2. The van der Waals surface area contributed by atoms with Crippen LogP contribution in [-0.2, 0) is 4.74 Å². The van der Waals surface area contributed by atoms with Crippen LogP contribution >= 0.6 is 0 Å². The Hall–Kier alpha value is -1.16. The molecule has 0 N–H and O–H groups in total. The van der Waals surface area contributed by atoms with Gasteiger partial charge in [-0.2, -0.15) is 0 Å². The molecule has 1 aromatic rings. The summed E-state index contributed by atoms with van der Waals surface area (Å²) in [5.41, 5.74) is 1.04. The first-order valence-corrected chi connectivity index (χ1v) is 7.14. The number of methoxy groups -OCH3 is 1. The molecule has 19 heavy (non-hydrogen) atoms. The molecule has 2 rings (SSSR count). The van der Waals surface area contributed by atoms with Crippen molar-refractivity contribution in [3.8, 4) is 0 Å². The maximum absolute atomic E-state index is 5.58. The van der Waals surface area contributed by atoms with Crippen molar-refractivity contribution in [2.75, 3.05) is 25.1 Å². The molecule has 1 saturated heterocycles. The molecular formula is C15H25N3O. The molecule has 0 spiro atoms. The van der Waals surface area contributed by atoms with Gasteiger partial charge in [-0.3, -0.25) is 0 Å². The lowest BCUT2D eigenvalue weighted by Gasteiger charge is -2.37. The number of hydrogen-bond donors (Lipinski definition) is 0. The van der Waals surface area contributed by atoms with Crippen LogP contribution < -0.4 is 4.90 Å². The van der Waals surface area contributed by atoms with Gasteiger partial charge in [-0.1, -0.05) is 20.8 Å². The largest absolute Gasteiger partial charge is 0.379 e. The molecule has 2 atom stereocenters. The van der Waals surface area contributed by atoms with E-state index in [1.54, 1.807) is 7.11 Å². The highest BCUT2D eigenvalue weighted by Crippen LogP contribution is 2.25. The Morgan fingerprint density at radius 1 is 1.37 bits per heavy atom. The molecule has 0 amide bonds. The summed E-state index contributed by atoms with van der Waals surface area (Å²) < 4.78 is 5.58. The summed E-state index contributed by atoms with van der Waals surface area (Å²) in [6.45, 7) is 10.5. The standard InChI is InChI=1S/C15H25N3O/c1-10(2)15-16-12(4)8-14(17-15)18-7-6-11(3)13(9-18)19-5/h8,10-11,13H,6-7,9H2,1-5H3. The van der Waals surface area contributed by atoms with E-state index in [0.29, 0.717) is 17.9 Å². The Morgan fingerprint density at radius 3 is 2.74 bits per heavy atom. The smallest absolute Gasteiger partial charge is 0.133 e. The van der Waals surface area contributed by atoms with E-state index in [1.165, 1.54) is 0 Å². The molecule has 1 aliphatic rings. The van der Waals surface area contributed by atoms with E-state index in [4.69, 9.17) is 9.72 Å². The van der Waals surface area contributed by atoms with Crippen molar-refractivity contribution in [2.45, 2.75) is 46.1 Å². The number of ether oxygens (including phenoxy) is 1. The van der Waals surface area contributed by atoms with Crippen molar-refractivity contribution >= 4 is 5.82 Å². The van der Waals surface area contributed by atoms with Gasteiger partial charge in [0.25, 0.3) is 0 Å². The SMILES string of the molecule is COC1CN(c2cc(C)nc(C(C)C)n2)CCC1C. The second kappa shape index (κ2) is 5.87. The molecular weight excluding hydrogens is 238 g/mol. The normalized spacial score (nSPS) is 24.0. The van der Waals surface area contributed by atoms with Gasteiger partial charge in [0.2, 0.25) is 0 Å². The monoisotopic (exact) mass is 263 g/mol. The highest BCUT2D eigenvalue weighted by atomic mass is 16.5. The van der Waals surface area contributed by atoms with E-state index in [1.807, 2.05) is 6.92 Å². The van der Waals surface area contributed by atoms with Gasteiger partial charge in [0.1, 0.15) is 11.6 Å². The van der Waals surface area contributed by atoms with E-state index < -0.39 is 0 Å². The Labute approximate surface area is 116 Å². The summed E-state index contributed by atoms with van der Waals surface area (Å²) in [4.78, 5) is 11.6. The predicted molar refractivity (Wildman–Crippen MR) is 77.6 cm³/mol. The molecule has 2 unspecified atom stereocenters. The fraction of sp³-hybridized carbons (Fsp3) is 0.733. The Morgan fingerprint density at radius 2 is 2.11 bits per heavy atom. The van der Waals surface area contributed by atoms with Gasteiger partial charge in [0, 0.05) is 37.9 Å². The molecule has 1 fully saturated rings. The van der Waals surface area contributed by atoms with E-state index in [-0.39, 0.29) is 0 Å². The molecule has 0 aliphatic carbocycles. The first kappa shape index (κ1) is 14.3. The molecule has 2 heterocycles. The summed E-state index contributed by atoms with van der Waals surface area (Å²) in [6, 6.07) is 2.08. The predicted octanol–water partition coefficient (Wildman–Crippen LogP) is 2.77. The van der Waals surface area contributed by atoms with Gasteiger partial charge in [0.05, 0.1) is 6.10 Å². The minimum atomic E-state index is 0.298. The van der Waals surface area contributed by atoms with Gasteiger partial charge in [-0.15, -0.1) is 0 Å². The fourth-order valence-electron chi connectivity index (χ4n) is 2.54. The van der Waals surface area contributed by atoms with Crippen molar-refractivity contribution < 1.29 is 4.74 Å². The summed E-state index contributed by atoms with van der Waals surface area (Å²) in [5.74, 6) is 2.96. The lowest BCUT2D eigenvalue weighted by atomic mass is 9.96. The van der Waals surface area contributed by atoms with Crippen molar-refractivity contribution in [3.05, 3.63) is 17.6 Å². The first-order chi connectivity index (χ1) is 9.01. The van der Waals surface area contributed by atoms with Gasteiger partial charge in [-0.05, 0) is 19.3 Å². The van der Waals surface area contributed by atoms with Crippen LogP contribution in [0, 0.1) is 12.8 Å². The maximum atomic E-state index is 5.58. The van der Waals surface area contributed by atoms with Crippen LogP contribution in [0.1, 0.15) is 44.6 Å². The van der Waals surface area contributed by atoms with Crippen molar-refractivity contribution in [1.29, 1.82) is 0 Å². The second-order valence-electron chi connectivity index (χ2n) is 5.87. The molecule has 0 radical (unpaired) electrons. The highest BCUT2D eigenvalue weighted by Gasteiger charge is 2.27. The lowest BCUT2D eigenvalue weighted by Crippen LogP contribution is -2.44. The molecule has 4 heteroatoms. The van der Waals surface area contributed by atoms with Crippen molar-refractivity contribution in [3.63, 3.8) is 0 Å². The van der Waals surface area contributed by atoms with E-state index in [0.717, 1.165) is 36.8 Å². The van der Waals surface area contributed by atoms with Crippen LogP contribution in [0.3, 0.4) is 0 Å². The molecule has 0 saturated carbocycles. The van der Waals surface area contributed by atoms with Gasteiger partial charge >= 0.3 is 0 Å². The number of hydrogen-bond acceptors (Lipinski definition) is 4. The molecule has 1 aliphatic heterocycles. The average Bonchev–Trinajstić information content (AvgIpc) is 2.38. The molecule has 0 aromatic carbocycles. The Balaban J connectivity index is 2.22. The van der Waals surface area contributed by atoms with E-state index in [9.17, 15) is 0 Å². The Kier molecular flexibility index (Phi) is 4.40. The lowest BCUT2D eigenvalue weighted by molar-refractivity contribution is 0.0496. The summed E-state index contributed by atoms with van der Waals surface area (Å²) in [7, 11) is 1.80. The number of rotatable bonds is 3. The van der Waals surface area contributed by atoms with Gasteiger partial charge in [-0.25, -0.2) is 9.97 Å². The maximum Gasteiger partial charge on any atom is 0.133 e. The Bertz CT molecular complexity index is 433. The minimum absolute atomic E-state index is 0.298. The van der Waals surface area contributed by atoms with E-state index >= 15 is 0 Å². The van der Waals surface area contributed by atoms with Crippen LogP contribution in [0.15, 0.2) is 6.07 Å². The van der Waals surface area contributed by atoms with Crippen molar-refractivity contribution in [2.24, 2.45) is 5.92 Å². The average molecular weight is 263 g/mol. The zero-order valence-electron chi connectivity index (χ0n) is 12.7. The highest BCUT2D eigenvalue weighted by molar-refractivity contribution is 5.40. The van der Waals surface area contributed by atoms with Crippen LogP contribution in [0.5, 0.6) is 0 Å². The number of piperidine rings is 1. The third kappa shape index (κ3) is 3.24. The third-order valence-corrected chi connectivity index (χ3v) is 3.89. The zero-order chi connectivity index (χ0) is 14.0. The molecule has 0 bridgehead atoms. The number of anilines is 1. The summed E-state index contributed by atoms with van der Waals surface area (Å²) in [5, 5.41) is 0. The van der Waals surface area contributed by atoms with Crippen LogP contribution in [-0.4, -0.2) is 36.3 Å². The number of aryl methyl sites for hydroxylation is 1. The zero-order valence-corrected chi connectivity index (χ0v) is 12.7. The number of nitrogens with zero attached hydrogens (tertiary/aromatic N) is 3.